The van der Waals surface area contributed by atoms with Gasteiger partial charge in [0, 0.05) is 5.70 Å². The SMILES string of the molecule is CC\C=C/C=C(C)/C(=C/C=C(\C)N)CC. The Kier molecular flexibility index (Phi) is 7.43. The molecule has 2 N–H and O–H groups in total. The molecule has 0 aliphatic rings. The predicted molar refractivity (Wildman–Crippen MR) is 69.5 cm³/mol. The van der Waals surface area contributed by atoms with Gasteiger partial charge in [0.25, 0.3) is 0 Å². The Morgan fingerprint density at radius 1 is 1.07 bits per heavy atom. The van der Waals surface area contributed by atoms with Crippen molar-refractivity contribution in [3.8, 4) is 0 Å². The highest BCUT2D eigenvalue weighted by molar-refractivity contribution is 5.34. The number of nitrogens with two attached hydrogens (primary N) is 1. The second-order valence-corrected chi connectivity index (χ2v) is 3.64. The van der Waals surface area contributed by atoms with Crippen molar-refractivity contribution in [2.24, 2.45) is 5.73 Å². The van der Waals surface area contributed by atoms with Crippen LogP contribution < -0.4 is 5.73 Å². The maximum Gasteiger partial charge on any atom is 0.00489 e. The van der Waals surface area contributed by atoms with Gasteiger partial charge in [0.2, 0.25) is 0 Å². The summed E-state index contributed by atoms with van der Waals surface area (Å²) < 4.78 is 0. The highest BCUT2D eigenvalue weighted by Gasteiger charge is 1.94. The van der Waals surface area contributed by atoms with Crippen molar-refractivity contribution in [3.05, 3.63) is 47.2 Å². The Hall–Kier alpha value is -1.24. The van der Waals surface area contributed by atoms with Crippen LogP contribution in [0.5, 0.6) is 0 Å². The topological polar surface area (TPSA) is 26.0 Å². The molecule has 0 aliphatic carbocycles. The molecule has 1 heteroatoms. The lowest BCUT2D eigenvalue weighted by Crippen LogP contribution is -1.89. The van der Waals surface area contributed by atoms with Gasteiger partial charge in [0.1, 0.15) is 0 Å². The number of hydrogen-bond acceptors (Lipinski definition) is 1. The van der Waals surface area contributed by atoms with Crippen LogP contribution in [0.3, 0.4) is 0 Å². The molecule has 1 nitrogen and oxygen atoms in total. The molecule has 0 aromatic heterocycles. The van der Waals surface area contributed by atoms with E-state index in [1.165, 1.54) is 11.1 Å². The molecular weight excluding hydrogens is 182 g/mol. The molecule has 0 unspecified atom stereocenters. The third kappa shape index (κ3) is 6.78. The number of rotatable bonds is 5. The zero-order valence-electron chi connectivity index (χ0n) is 10.4. The first kappa shape index (κ1) is 13.8. The van der Waals surface area contributed by atoms with Crippen LogP contribution in [-0.2, 0) is 0 Å². The lowest BCUT2D eigenvalue weighted by Gasteiger charge is -2.02. The summed E-state index contributed by atoms with van der Waals surface area (Å²) in [5.41, 5.74) is 9.08. The maximum atomic E-state index is 5.60. The van der Waals surface area contributed by atoms with Gasteiger partial charge in [-0.2, -0.15) is 0 Å². The monoisotopic (exact) mass is 205 g/mol. The van der Waals surface area contributed by atoms with Gasteiger partial charge in [-0.3, -0.25) is 0 Å². The van der Waals surface area contributed by atoms with Crippen molar-refractivity contribution in [2.45, 2.75) is 40.5 Å². The van der Waals surface area contributed by atoms with Crippen LogP contribution in [0, 0.1) is 0 Å². The third-order valence-electron chi connectivity index (χ3n) is 2.15. The van der Waals surface area contributed by atoms with E-state index in [9.17, 15) is 0 Å². The van der Waals surface area contributed by atoms with Crippen molar-refractivity contribution < 1.29 is 0 Å². The van der Waals surface area contributed by atoms with Gasteiger partial charge in [0.15, 0.2) is 0 Å². The fourth-order valence-electron chi connectivity index (χ4n) is 1.22. The largest absolute Gasteiger partial charge is 0.402 e. The molecule has 0 fully saturated rings. The van der Waals surface area contributed by atoms with Gasteiger partial charge >= 0.3 is 0 Å². The van der Waals surface area contributed by atoms with Crippen molar-refractivity contribution >= 4 is 0 Å². The minimum absolute atomic E-state index is 0.845. The normalized spacial score (nSPS) is 15.1. The molecule has 0 heterocycles. The van der Waals surface area contributed by atoms with Crippen LogP contribution in [0.4, 0.5) is 0 Å². The molecule has 84 valence electrons. The lowest BCUT2D eigenvalue weighted by atomic mass is 10.0. The summed E-state index contributed by atoms with van der Waals surface area (Å²) in [6.07, 6.45) is 12.6. The van der Waals surface area contributed by atoms with Crippen LogP contribution in [0.15, 0.2) is 47.2 Å². The van der Waals surface area contributed by atoms with Crippen LogP contribution >= 0.6 is 0 Å². The Bertz CT molecular complexity index is 286. The summed E-state index contributed by atoms with van der Waals surface area (Å²) in [6, 6.07) is 0. The van der Waals surface area contributed by atoms with E-state index < -0.39 is 0 Å². The summed E-state index contributed by atoms with van der Waals surface area (Å²) in [7, 11) is 0. The second kappa shape index (κ2) is 8.10. The quantitative estimate of drug-likeness (QED) is 0.672. The van der Waals surface area contributed by atoms with Crippen LogP contribution in [0.25, 0.3) is 0 Å². The molecule has 0 rings (SSSR count). The molecule has 0 aromatic rings. The minimum atomic E-state index is 0.845. The summed E-state index contributed by atoms with van der Waals surface area (Å²) >= 11 is 0. The zero-order valence-corrected chi connectivity index (χ0v) is 10.4. The molecular formula is C14H23N. The van der Waals surface area contributed by atoms with Crippen LogP contribution in [0.2, 0.25) is 0 Å². The van der Waals surface area contributed by atoms with E-state index in [1.54, 1.807) is 0 Å². The van der Waals surface area contributed by atoms with Gasteiger partial charge in [-0.1, -0.05) is 38.2 Å². The van der Waals surface area contributed by atoms with Crippen LogP contribution in [-0.4, -0.2) is 0 Å². The van der Waals surface area contributed by atoms with Gasteiger partial charge in [-0.05, 0) is 43.9 Å². The average Bonchev–Trinajstić information content (AvgIpc) is 2.18. The first-order valence-corrected chi connectivity index (χ1v) is 5.58. The third-order valence-corrected chi connectivity index (χ3v) is 2.15. The zero-order chi connectivity index (χ0) is 11.7. The average molecular weight is 205 g/mol. The maximum absolute atomic E-state index is 5.60. The van der Waals surface area contributed by atoms with E-state index in [0.717, 1.165) is 18.5 Å². The Labute approximate surface area is 94.1 Å². The van der Waals surface area contributed by atoms with Crippen molar-refractivity contribution in [2.75, 3.05) is 0 Å². The van der Waals surface area contributed by atoms with Gasteiger partial charge in [-0.15, -0.1) is 0 Å². The second-order valence-electron chi connectivity index (χ2n) is 3.64. The molecule has 15 heavy (non-hydrogen) atoms. The van der Waals surface area contributed by atoms with Crippen molar-refractivity contribution in [3.63, 3.8) is 0 Å². The summed E-state index contributed by atoms with van der Waals surface area (Å²) in [5, 5.41) is 0. The van der Waals surface area contributed by atoms with E-state index >= 15 is 0 Å². The first-order valence-electron chi connectivity index (χ1n) is 5.58. The first-order chi connectivity index (χ1) is 7.11. The molecule has 0 radical (unpaired) electrons. The fraction of sp³-hybridized carbons (Fsp3) is 0.429. The summed E-state index contributed by atoms with van der Waals surface area (Å²) in [6.45, 7) is 8.33. The van der Waals surface area contributed by atoms with E-state index in [-0.39, 0.29) is 0 Å². The van der Waals surface area contributed by atoms with Gasteiger partial charge in [-0.25, -0.2) is 0 Å². The van der Waals surface area contributed by atoms with E-state index in [4.69, 9.17) is 5.73 Å². The molecule has 0 aromatic carbocycles. The molecule has 0 spiro atoms. The highest BCUT2D eigenvalue weighted by atomic mass is 14.5. The molecule has 0 bridgehead atoms. The van der Waals surface area contributed by atoms with Crippen molar-refractivity contribution in [1.29, 1.82) is 0 Å². The van der Waals surface area contributed by atoms with E-state index in [0.29, 0.717) is 0 Å². The Morgan fingerprint density at radius 2 is 1.73 bits per heavy atom. The smallest absolute Gasteiger partial charge is 0.00489 e. The molecule has 0 aliphatic heterocycles. The number of allylic oxidation sites excluding steroid dienone is 8. The van der Waals surface area contributed by atoms with Crippen molar-refractivity contribution in [1.82, 2.24) is 0 Å². The minimum Gasteiger partial charge on any atom is -0.402 e. The summed E-state index contributed by atoms with van der Waals surface area (Å²) in [4.78, 5) is 0. The highest BCUT2D eigenvalue weighted by Crippen LogP contribution is 2.13. The fourth-order valence-corrected chi connectivity index (χ4v) is 1.22. The van der Waals surface area contributed by atoms with E-state index in [1.807, 2.05) is 13.0 Å². The Balaban J connectivity index is 4.67. The standard InChI is InChI=1S/C14H23N/c1-5-7-8-9-12(3)14(6-2)11-10-13(4)15/h7-11H,5-6,15H2,1-4H3/b8-7-,12-9+,13-10+,14-11+. The van der Waals surface area contributed by atoms with Gasteiger partial charge < -0.3 is 5.73 Å². The van der Waals surface area contributed by atoms with Crippen LogP contribution in [0.1, 0.15) is 40.5 Å². The summed E-state index contributed by atoms with van der Waals surface area (Å²) in [5.74, 6) is 0. The lowest BCUT2D eigenvalue weighted by molar-refractivity contribution is 1.10. The predicted octanol–water partition coefficient (Wildman–Crippen LogP) is 4.10. The van der Waals surface area contributed by atoms with Gasteiger partial charge in [0.05, 0.1) is 0 Å². The molecule has 0 atom stereocenters. The number of hydrogen-bond donors (Lipinski definition) is 1. The van der Waals surface area contributed by atoms with E-state index in [2.05, 4.69) is 45.1 Å². The Morgan fingerprint density at radius 3 is 2.20 bits per heavy atom. The molecule has 0 saturated carbocycles. The molecule has 0 amide bonds. The molecule has 0 saturated heterocycles.